The van der Waals surface area contributed by atoms with Crippen molar-refractivity contribution in [3.63, 3.8) is 0 Å². The first-order valence-corrected chi connectivity index (χ1v) is 11.0. The number of rotatable bonds is 5. The molecule has 144 valence electrons. The lowest BCUT2D eigenvalue weighted by atomic mass is 9.88. The zero-order valence-electron chi connectivity index (χ0n) is 15.2. The highest BCUT2D eigenvalue weighted by Crippen LogP contribution is 2.26. The standard InChI is InChI=1S/C19H29N3O3S/c20-13-16-9-4-5-11-18(16)26(24,25)22-12-6-10-17(14-22)21-19(23)15-7-2-1-3-8-15/h4-5,9,11,15,17H,1-3,6-8,10,12-14,20H2,(H,21,23)/t17-/m0/s1. The van der Waals surface area contributed by atoms with Crippen molar-refractivity contribution < 1.29 is 13.2 Å². The zero-order chi connectivity index (χ0) is 18.6. The molecule has 1 saturated carbocycles. The molecule has 1 aromatic rings. The van der Waals surface area contributed by atoms with E-state index in [1.165, 1.54) is 10.7 Å². The molecule has 3 N–H and O–H groups in total. The number of amides is 1. The van der Waals surface area contributed by atoms with E-state index in [0.29, 0.717) is 18.7 Å². The Morgan fingerprint density at radius 2 is 1.85 bits per heavy atom. The summed E-state index contributed by atoms with van der Waals surface area (Å²) < 4.78 is 27.6. The average molecular weight is 380 g/mol. The summed E-state index contributed by atoms with van der Waals surface area (Å²) in [7, 11) is -3.60. The lowest BCUT2D eigenvalue weighted by Gasteiger charge is -2.34. The first-order valence-electron chi connectivity index (χ1n) is 9.61. The summed E-state index contributed by atoms with van der Waals surface area (Å²) in [6.45, 7) is 1.00. The van der Waals surface area contributed by atoms with E-state index in [2.05, 4.69) is 5.32 Å². The van der Waals surface area contributed by atoms with Crippen molar-refractivity contribution in [1.29, 1.82) is 0 Å². The number of benzene rings is 1. The summed E-state index contributed by atoms with van der Waals surface area (Å²) in [5, 5.41) is 3.10. The Morgan fingerprint density at radius 3 is 2.58 bits per heavy atom. The second kappa shape index (κ2) is 8.50. The van der Waals surface area contributed by atoms with E-state index in [-0.39, 0.29) is 29.3 Å². The Kier molecular flexibility index (Phi) is 6.32. The van der Waals surface area contributed by atoms with Gasteiger partial charge in [-0.25, -0.2) is 8.42 Å². The van der Waals surface area contributed by atoms with Gasteiger partial charge in [0.15, 0.2) is 0 Å². The fraction of sp³-hybridized carbons (Fsp3) is 0.632. The molecule has 1 saturated heterocycles. The van der Waals surface area contributed by atoms with Crippen molar-refractivity contribution in [2.24, 2.45) is 11.7 Å². The quantitative estimate of drug-likeness (QED) is 0.818. The van der Waals surface area contributed by atoms with Crippen LogP contribution in [-0.4, -0.2) is 37.8 Å². The lowest BCUT2D eigenvalue weighted by molar-refractivity contribution is -0.126. The first kappa shape index (κ1) is 19.3. The van der Waals surface area contributed by atoms with Crippen LogP contribution in [0, 0.1) is 5.92 Å². The Bertz CT molecular complexity index is 729. The number of hydrogen-bond acceptors (Lipinski definition) is 4. The zero-order valence-corrected chi connectivity index (χ0v) is 16.0. The molecule has 3 rings (SSSR count). The monoisotopic (exact) mass is 379 g/mol. The second-order valence-corrected chi connectivity index (χ2v) is 9.26. The van der Waals surface area contributed by atoms with Crippen LogP contribution in [0.15, 0.2) is 29.2 Å². The summed E-state index contributed by atoms with van der Waals surface area (Å²) in [6, 6.07) is 6.77. The predicted octanol–water partition coefficient (Wildman–Crippen LogP) is 1.99. The van der Waals surface area contributed by atoms with Gasteiger partial charge in [-0.2, -0.15) is 4.31 Å². The van der Waals surface area contributed by atoms with Gasteiger partial charge in [-0.1, -0.05) is 37.5 Å². The minimum absolute atomic E-state index is 0.0914. The number of carbonyl (C=O) groups excluding carboxylic acids is 1. The second-order valence-electron chi connectivity index (χ2n) is 7.36. The van der Waals surface area contributed by atoms with Gasteiger partial charge in [0.05, 0.1) is 4.90 Å². The summed E-state index contributed by atoms with van der Waals surface area (Å²) in [6.07, 6.45) is 6.90. The van der Waals surface area contributed by atoms with Gasteiger partial charge in [0.1, 0.15) is 0 Å². The number of carbonyl (C=O) groups is 1. The topological polar surface area (TPSA) is 92.5 Å². The first-order chi connectivity index (χ1) is 12.5. The average Bonchev–Trinajstić information content (AvgIpc) is 2.68. The summed E-state index contributed by atoms with van der Waals surface area (Å²) in [5.41, 5.74) is 6.34. The number of piperidine rings is 1. The maximum Gasteiger partial charge on any atom is 0.243 e. The van der Waals surface area contributed by atoms with Crippen LogP contribution in [-0.2, 0) is 21.4 Å². The highest BCUT2D eigenvalue weighted by Gasteiger charge is 2.33. The van der Waals surface area contributed by atoms with Crippen LogP contribution in [0.2, 0.25) is 0 Å². The molecule has 0 unspecified atom stereocenters. The molecule has 7 heteroatoms. The Morgan fingerprint density at radius 1 is 1.12 bits per heavy atom. The molecule has 2 aliphatic rings. The van der Waals surface area contributed by atoms with Gasteiger partial charge in [-0.15, -0.1) is 0 Å². The van der Waals surface area contributed by atoms with Crippen molar-refractivity contribution in [3.05, 3.63) is 29.8 Å². The van der Waals surface area contributed by atoms with Crippen molar-refractivity contribution in [2.45, 2.75) is 62.4 Å². The molecular formula is C19H29N3O3S. The number of nitrogens with one attached hydrogen (secondary N) is 1. The van der Waals surface area contributed by atoms with Crippen LogP contribution < -0.4 is 11.1 Å². The van der Waals surface area contributed by atoms with Gasteiger partial charge in [-0.3, -0.25) is 4.79 Å². The molecule has 0 spiro atoms. The molecule has 0 aromatic heterocycles. The van der Waals surface area contributed by atoms with Crippen molar-refractivity contribution in [1.82, 2.24) is 9.62 Å². The Hall–Kier alpha value is -1.44. The van der Waals surface area contributed by atoms with E-state index in [4.69, 9.17) is 5.73 Å². The molecule has 0 radical (unpaired) electrons. The predicted molar refractivity (Wildman–Crippen MR) is 101 cm³/mol. The normalized spacial score (nSPS) is 22.9. The third kappa shape index (κ3) is 4.27. The van der Waals surface area contributed by atoms with Gasteiger partial charge < -0.3 is 11.1 Å². The van der Waals surface area contributed by atoms with Gasteiger partial charge in [0, 0.05) is 31.6 Å². The number of sulfonamides is 1. The molecule has 1 amide bonds. The molecule has 1 aliphatic heterocycles. The molecule has 6 nitrogen and oxygen atoms in total. The number of nitrogens with two attached hydrogens (primary N) is 1. The van der Waals surface area contributed by atoms with Crippen molar-refractivity contribution in [2.75, 3.05) is 13.1 Å². The van der Waals surface area contributed by atoms with Gasteiger partial charge >= 0.3 is 0 Å². The van der Waals surface area contributed by atoms with Crippen LogP contribution in [0.4, 0.5) is 0 Å². The smallest absolute Gasteiger partial charge is 0.243 e. The molecule has 26 heavy (non-hydrogen) atoms. The van der Waals surface area contributed by atoms with Crippen molar-refractivity contribution >= 4 is 15.9 Å². The van der Waals surface area contributed by atoms with E-state index in [9.17, 15) is 13.2 Å². The van der Waals surface area contributed by atoms with E-state index in [1.807, 2.05) is 0 Å². The Balaban J connectivity index is 1.68. The number of nitrogens with zero attached hydrogens (tertiary/aromatic N) is 1. The molecule has 1 atom stereocenters. The van der Waals surface area contributed by atoms with Gasteiger partial charge in [0.25, 0.3) is 0 Å². The van der Waals surface area contributed by atoms with Gasteiger partial charge in [0.2, 0.25) is 15.9 Å². The lowest BCUT2D eigenvalue weighted by Crippen LogP contribution is -2.51. The van der Waals surface area contributed by atoms with E-state index in [0.717, 1.165) is 38.5 Å². The van der Waals surface area contributed by atoms with Crippen LogP contribution in [0.1, 0.15) is 50.5 Å². The Labute approximate surface area is 156 Å². The van der Waals surface area contributed by atoms with Crippen molar-refractivity contribution in [3.8, 4) is 0 Å². The van der Waals surface area contributed by atoms with Crippen LogP contribution in [0.5, 0.6) is 0 Å². The fourth-order valence-electron chi connectivity index (χ4n) is 4.03. The fourth-order valence-corrected chi connectivity index (χ4v) is 5.78. The molecule has 1 heterocycles. The van der Waals surface area contributed by atoms with E-state index < -0.39 is 10.0 Å². The third-order valence-electron chi connectivity index (χ3n) is 5.52. The minimum atomic E-state index is -3.60. The van der Waals surface area contributed by atoms with Crippen LogP contribution >= 0.6 is 0 Å². The highest BCUT2D eigenvalue weighted by molar-refractivity contribution is 7.89. The van der Waals surface area contributed by atoms with E-state index >= 15 is 0 Å². The maximum absolute atomic E-state index is 13.1. The maximum atomic E-state index is 13.1. The van der Waals surface area contributed by atoms with Gasteiger partial charge in [-0.05, 0) is 37.3 Å². The molecule has 1 aliphatic carbocycles. The largest absolute Gasteiger partial charge is 0.352 e. The molecule has 1 aromatic carbocycles. The van der Waals surface area contributed by atoms with E-state index in [1.54, 1.807) is 24.3 Å². The van der Waals surface area contributed by atoms with Crippen LogP contribution in [0.25, 0.3) is 0 Å². The number of hydrogen-bond donors (Lipinski definition) is 2. The molecule has 0 bridgehead atoms. The summed E-state index contributed by atoms with van der Waals surface area (Å²) >= 11 is 0. The SMILES string of the molecule is NCc1ccccc1S(=O)(=O)N1CCC[C@H](NC(=O)C2CCCCC2)C1. The van der Waals surface area contributed by atoms with Crippen LogP contribution in [0.3, 0.4) is 0 Å². The molecule has 2 fully saturated rings. The minimum Gasteiger partial charge on any atom is -0.352 e. The highest BCUT2D eigenvalue weighted by atomic mass is 32.2. The third-order valence-corrected chi connectivity index (χ3v) is 7.48. The summed E-state index contributed by atoms with van der Waals surface area (Å²) in [4.78, 5) is 12.8. The molecular weight excluding hydrogens is 350 g/mol. The summed E-state index contributed by atoms with van der Waals surface area (Å²) in [5.74, 6) is 0.185.